The van der Waals surface area contributed by atoms with Crippen LogP contribution in [0.25, 0.3) is 0 Å². The van der Waals surface area contributed by atoms with Crippen LogP contribution in [0, 0.1) is 0 Å². The number of phosphoric acid groups is 1. The summed E-state index contributed by atoms with van der Waals surface area (Å²) in [5.74, 6) is -157. The Morgan fingerprint density at radius 1 is 0.159 bits per heavy atom. The highest BCUT2D eigenvalue weighted by Gasteiger charge is 3.02. The molecule has 0 fully saturated rings. The smallest absolute Gasteiger partial charge is 0.287 e. The van der Waals surface area contributed by atoms with Gasteiger partial charge in [-0.25, -0.2) is 17.7 Å². The van der Waals surface area contributed by atoms with Crippen LogP contribution in [0.4, 0.5) is 250 Å². The maximum atomic E-state index is 14.4. The second-order valence-corrected chi connectivity index (χ2v) is 23.8. The summed E-state index contributed by atoms with van der Waals surface area (Å²) in [6.07, 6.45) is -77.8. The van der Waals surface area contributed by atoms with Gasteiger partial charge in [0, 0.05) is 19.3 Å². The summed E-state index contributed by atoms with van der Waals surface area (Å²) in [4.78, 5) is 0. The Kier molecular flexibility index (Phi) is 29.4. The molecule has 0 atom stereocenters. The van der Waals surface area contributed by atoms with Gasteiger partial charge in [0.05, 0.1) is 19.8 Å². The molecule has 0 aromatic heterocycles. The zero-order valence-corrected chi connectivity index (χ0v) is 50.7. The second-order valence-electron chi connectivity index (χ2n) is 22.1. The molecule has 0 N–H and O–H groups in total. The van der Waals surface area contributed by atoms with E-state index in [4.69, 9.17) is 0 Å². The number of unbranched alkanes of at least 4 members (excludes halogenated alkanes) is 9. The standard InChI is InChI=1S/C45H36F57O4P/c46-19(47,25(55,56)31(67,68)37(79,80)34(73,74)28(61,62)22(52,40(85,86)87)41(88,89)90)13-7-1-4-10-16-104-107(103,105-17-11-5-2-8-14-20(48,49)26(57,58)32(69,70)38(81,82)35(75,76)29(63,64)23(53,42(91,92)93)43(94,95)96)106-18-12-6-3-9-15-21(50,51)27(59,60)33(71,72)39(83,84)36(77,78)30(65,66)24(54,44(97,98)99)45(100,101)102/h1-18H2. The highest BCUT2D eigenvalue weighted by molar-refractivity contribution is 7.48. The van der Waals surface area contributed by atoms with Gasteiger partial charge in [0.1, 0.15) is 0 Å². The largest absolute Gasteiger partial charge is 0.474 e. The van der Waals surface area contributed by atoms with Gasteiger partial charge >= 0.3 is 168 Å². The zero-order chi connectivity index (χ0) is 86.8. The molecule has 644 valence electrons. The number of hydrogen-bond donors (Lipinski definition) is 0. The van der Waals surface area contributed by atoms with E-state index in [1.54, 1.807) is 0 Å². The van der Waals surface area contributed by atoms with Crippen LogP contribution in [0.15, 0.2) is 0 Å². The third-order valence-corrected chi connectivity index (χ3v) is 16.2. The first-order valence-corrected chi connectivity index (χ1v) is 28.4. The minimum absolute atomic E-state index is 1.11. The van der Waals surface area contributed by atoms with Gasteiger partial charge in [0.2, 0.25) is 0 Å². The second kappa shape index (κ2) is 30.5. The fourth-order valence-electron chi connectivity index (χ4n) is 8.18. The molecule has 0 amide bonds. The summed E-state index contributed by atoms with van der Waals surface area (Å²) in [7, 11) is -5.71. The molecule has 0 aliphatic carbocycles. The summed E-state index contributed by atoms with van der Waals surface area (Å²) < 4.78 is 808. The molecule has 0 aliphatic heterocycles. The van der Waals surface area contributed by atoms with Crippen LogP contribution in [0.2, 0.25) is 0 Å². The number of rotatable bonds is 42. The molecular weight excluding hydrogens is 1720 g/mol. The number of hydrogen-bond acceptors (Lipinski definition) is 4. The van der Waals surface area contributed by atoms with Gasteiger partial charge < -0.3 is 0 Å². The normalized spacial score (nSPS) is 16.5. The van der Waals surface area contributed by atoms with E-state index >= 15 is 0 Å². The first kappa shape index (κ1) is 103. The SMILES string of the molecule is O=P(OCCCCCCC(F)(F)C(F)(F)C(F)(F)C(F)(F)C(F)(F)C(F)(F)C(F)(C(F)(F)F)C(F)(F)F)(OCCCCCCC(F)(F)C(F)(F)C(F)(F)C(F)(F)C(F)(F)C(F)(F)C(F)(C(F)(F)F)C(F)(F)F)OCCCCCCC(F)(F)C(F)(F)C(F)(F)C(F)(F)C(F)(F)C(F)(F)C(F)(C(F)(F)F)C(F)(F)F. The first-order valence-electron chi connectivity index (χ1n) is 26.9. The van der Waals surface area contributed by atoms with Gasteiger partial charge in [-0.3, -0.25) is 13.6 Å². The third-order valence-electron chi connectivity index (χ3n) is 14.7. The van der Waals surface area contributed by atoms with Crippen molar-refractivity contribution in [3.8, 4) is 0 Å². The zero-order valence-electron chi connectivity index (χ0n) is 49.9. The quantitative estimate of drug-likeness (QED) is 0.0347. The first-order chi connectivity index (χ1) is 46.1. The van der Waals surface area contributed by atoms with Gasteiger partial charge in [-0.15, -0.1) is 0 Å². The molecule has 4 nitrogen and oxygen atoms in total. The molecule has 0 radical (unpaired) electrons. The van der Waals surface area contributed by atoms with Gasteiger partial charge in [-0.05, 0) is 38.5 Å². The van der Waals surface area contributed by atoms with Gasteiger partial charge in [-0.2, -0.15) is 237 Å². The minimum atomic E-state index is -9.41. The van der Waals surface area contributed by atoms with Crippen LogP contribution in [0.1, 0.15) is 96.3 Å². The minimum Gasteiger partial charge on any atom is -0.287 e. The van der Waals surface area contributed by atoms with Crippen LogP contribution in [-0.4, -0.2) is 180 Å². The van der Waals surface area contributed by atoms with Crippen molar-refractivity contribution < 1.29 is 268 Å². The van der Waals surface area contributed by atoms with Crippen molar-refractivity contribution in [3.05, 3.63) is 0 Å². The highest BCUT2D eigenvalue weighted by atomic mass is 31.2. The van der Waals surface area contributed by atoms with Gasteiger partial charge in [0.15, 0.2) is 0 Å². The lowest BCUT2D eigenvalue weighted by molar-refractivity contribution is -0.472. The average Bonchev–Trinajstić information content (AvgIpc) is 0.695. The van der Waals surface area contributed by atoms with E-state index in [1.165, 1.54) is 0 Å². The lowest BCUT2D eigenvalue weighted by atomic mass is 9.83. The van der Waals surface area contributed by atoms with Crippen molar-refractivity contribution in [2.45, 2.75) is 257 Å². The van der Waals surface area contributed by atoms with E-state index in [0.717, 1.165) is 0 Å². The molecule has 0 spiro atoms. The summed E-state index contributed by atoms with van der Waals surface area (Å²) in [6, 6.07) is 0. The van der Waals surface area contributed by atoms with Crippen molar-refractivity contribution in [2.24, 2.45) is 0 Å². The van der Waals surface area contributed by atoms with Crippen molar-refractivity contribution in [1.29, 1.82) is 0 Å². The summed E-state index contributed by atoms with van der Waals surface area (Å²) >= 11 is 0. The van der Waals surface area contributed by atoms with Crippen molar-refractivity contribution in [1.82, 2.24) is 0 Å². The summed E-state index contributed by atoms with van der Waals surface area (Å²) in [5, 5.41) is 0. The predicted octanol–water partition coefficient (Wildman–Crippen LogP) is 24.9. The van der Waals surface area contributed by atoms with Gasteiger partial charge in [-0.1, -0.05) is 38.5 Å². The van der Waals surface area contributed by atoms with Crippen LogP contribution < -0.4 is 0 Å². The van der Waals surface area contributed by atoms with Gasteiger partial charge in [0.25, 0.3) is 0 Å². The lowest BCUT2D eigenvalue weighted by Crippen LogP contribution is -2.77. The van der Waals surface area contributed by atoms with E-state index in [1.807, 2.05) is 0 Å². The van der Waals surface area contributed by atoms with Crippen molar-refractivity contribution in [3.63, 3.8) is 0 Å². The molecule has 0 aliphatic rings. The van der Waals surface area contributed by atoms with E-state index in [0.29, 0.717) is 0 Å². The van der Waals surface area contributed by atoms with Crippen molar-refractivity contribution >= 4 is 7.82 Å². The molecule has 0 aromatic rings. The van der Waals surface area contributed by atoms with Crippen LogP contribution in [0.3, 0.4) is 0 Å². The maximum absolute atomic E-state index is 14.4. The van der Waals surface area contributed by atoms with E-state index in [2.05, 4.69) is 13.6 Å². The molecule has 62 heteroatoms. The van der Waals surface area contributed by atoms with Crippen LogP contribution >= 0.6 is 7.82 Å². The molecule has 0 unspecified atom stereocenters. The molecule has 0 saturated carbocycles. The molecule has 0 bridgehead atoms. The molecule has 0 aromatic carbocycles. The number of phosphoric ester groups is 1. The average molecular weight is 1750 g/mol. The molecular formula is C45H36F57O4P. The topological polar surface area (TPSA) is 44.8 Å². The predicted molar refractivity (Wildman–Crippen MR) is 232 cm³/mol. The maximum Gasteiger partial charge on any atom is 0.474 e. The monoisotopic (exact) mass is 1750 g/mol. The molecule has 0 saturated heterocycles. The Balaban J connectivity index is 6.78. The molecule has 107 heavy (non-hydrogen) atoms. The van der Waals surface area contributed by atoms with Crippen LogP contribution in [0.5, 0.6) is 0 Å². The molecule has 0 heterocycles. The van der Waals surface area contributed by atoms with Crippen LogP contribution in [-0.2, 0) is 18.1 Å². The highest BCUT2D eigenvalue weighted by Crippen LogP contribution is 2.71. The Labute approximate surface area is 553 Å². The van der Waals surface area contributed by atoms with E-state index in [-0.39, 0.29) is 0 Å². The number of alkyl halides is 57. The Hall–Kier alpha value is -3.88. The third kappa shape index (κ3) is 16.6. The van der Waals surface area contributed by atoms with E-state index < -0.39 is 285 Å². The summed E-state index contributed by atoms with van der Waals surface area (Å²) in [5.41, 5.74) is -27.3. The lowest BCUT2D eigenvalue weighted by Gasteiger charge is -2.45. The molecule has 0 rings (SSSR count). The Morgan fingerprint density at radius 3 is 0.421 bits per heavy atom. The number of halogens is 57. The Morgan fingerprint density at radius 2 is 0.280 bits per heavy atom. The Bertz CT molecular complexity index is 2580. The van der Waals surface area contributed by atoms with E-state index in [9.17, 15) is 255 Å². The summed E-state index contributed by atoms with van der Waals surface area (Å²) in [6.45, 7) is -4.43. The fourth-order valence-corrected chi connectivity index (χ4v) is 9.46. The fraction of sp³-hybridized carbons (Fsp3) is 1.00. The van der Waals surface area contributed by atoms with Crippen molar-refractivity contribution in [2.75, 3.05) is 19.8 Å².